The number of hydrogen-bond donors (Lipinski definition) is 1. The van der Waals surface area contributed by atoms with E-state index in [-0.39, 0.29) is 10.8 Å². The van der Waals surface area contributed by atoms with Crippen LogP contribution in [0.1, 0.15) is 0 Å². The minimum atomic E-state index is -3.62. The van der Waals surface area contributed by atoms with E-state index >= 15 is 0 Å². The predicted molar refractivity (Wildman–Crippen MR) is 49.3 cm³/mol. The van der Waals surface area contributed by atoms with Crippen molar-refractivity contribution < 1.29 is 17.9 Å². The maximum absolute atomic E-state index is 11.4. The van der Waals surface area contributed by atoms with Crippen molar-refractivity contribution in [3.8, 4) is 0 Å². The summed E-state index contributed by atoms with van der Waals surface area (Å²) in [6.07, 6.45) is 1.21. The highest BCUT2D eigenvalue weighted by molar-refractivity contribution is 7.91. The zero-order valence-corrected chi connectivity index (χ0v) is 8.89. The molecule has 0 amide bonds. The van der Waals surface area contributed by atoms with Gasteiger partial charge in [-0.3, -0.25) is 9.78 Å². The molecule has 1 aromatic rings. The minimum absolute atomic E-state index is 0.0707. The maximum Gasteiger partial charge on any atom is 0.320 e. The van der Waals surface area contributed by atoms with E-state index < -0.39 is 16.0 Å². The molecule has 8 heteroatoms. The molecule has 14 heavy (non-hydrogen) atoms. The molecule has 0 unspecified atom stereocenters. The highest BCUT2D eigenvalue weighted by atomic mass is 32.2. The third kappa shape index (κ3) is 2.76. The summed E-state index contributed by atoms with van der Waals surface area (Å²) < 4.78 is 29.2. The Morgan fingerprint density at radius 3 is 2.93 bits per heavy atom. The van der Waals surface area contributed by atoms with Gasteiger partial charge in [-0.2, -0.15) is 4.72 Å². The molecule has 0 aliphatic rings. The molecule has 0 bridgehead atoms. The molecule has 1 rings (SSSR count). The smallest absolute Gasteiger partial charge is 0.320 e. The number of sulfonamides is 1. The number of rotatable bonds is 4. The van der Waals surface area contributed by atoms with Crippen molar-refractivity contribution in [1.82, 2.24) is 9.71 Å². The molecular formula is C6H8N2O4S2. The largest absolute Gasteiger partial charge is 0.468 e. The summed E-state index contributed by atoms with van der Waals surface area (Å²) >= 11 is 0.975. The van der Waals surface area contributed by atoms with Crippen LogP contribution in [-0.4, -0.2) is 33.0 Å². The van der Waals surface area contributed by atoms with Crippen LogP contribution in [0.5, 0.6) is 0 Å². The van der Waals surface area contributed by atoms with Crippen LogP contribution < -0.4 is 4.72 Å². The second-order valence-electron chi connectivity index (χ2n) is 2.22. The van der Waals surface area contributed by atoms with Gasteiger partial charge in [-0.15, -0.1) is 11.3 Å². The molecule has 1 heterocycles. The van der Waals surface area contributed by atoms with Gasteiger partial charge in [-0.05, 0) is 0 Å². The second kappa shape index (κ2) is 4.49. The lowest BCUT2D eigenvalue weighted by Gasteiger charge is -2.01. The van der Waals surface area contributed by atoms with E-state index in [1.54, 1.807) is 0 Å². The number of aromatic nitrogens is 1. The van der Waals surface area contributed by atoms with Gasteiger partial charge in [-0.1, -0.05) is 0 Å². The van der Waals surface area contributed by atoms with Crippen LogP contribution in [0.15, 0.2) is 15.9 Å². The lowest BCUT2D eigenvalue weighted by Crippen LogP contribution is -2.29. The normalized spacial score (nSPS) is 11.2. The molecule has 0 aromatic carbocycles. The van der Waals surface area contributed by atoms with Gasteiger partial charge >= 0.3 is 5.97 Å². The molecule has 0 saturated carbocycles. The summed E-state index contributed by atoms with van der Waals surface area (Å²) in [7, 11) is -2.43. The average Bonchev–Trinajstić information content (AvgIpc) is 2.67. The van der Waals surface area contributed by atoms with Crippen LogP contribution in [0.2, 0.25) is 0 Å². The first kappa shape index (κ1) is 11.1. The van der Waals surface area contributed by atoms with E-state index in [4.69, 9.17) is 0 Å². The van der Waals surface area contributed by atoms with Gasteiger partial charge in [-0.25, -0.2) is 8.42 Å². The van der Waals surface area contributed by atoms with Gasteiger partial charge in [0.25, 0.3) is 10.0 Å². The Balaban J connectivity index is 2.65. The Morgan fingerprint density at radius 2 is 2.43 bits per heavy atom. The molecule has 6 nitrogen and oxygen atoms in total. The van der Waals surface area contributed by atoms with E-state index in [2.05, 4.69) is 14.4 Å². The zero-order valence-electron chi connectivity index (χ0n) is 7.26. The second-order valence-corrected chi connectivity index (χ2v) is 5.10. The molecule has 0 aliphatic carbocycles. The molecule has 0 fully saturated rings. The number of ether oxygens (including phenoxy) is 1. The highest BCUT2D eigenvalue weighted by Gasteiger charge is 2.16. The lowest BCUT2D eigenvalue weighted by atomic mass is 10.7. The molecule has 0 spiro atoms. The Hall–Kier alpha value is -0.990. The van der Waals surface area contributed by atoms with Gasteiger partial charge in [0, 0.05) is 0 Å². The van der Waals surface area contributed by atoms with E-state index in [0.717, 1.165) is 11.3 Å². The van der Waals surface area contributed by atoms with Gasteiger partial charge in [0.15, 0.2) is 4.21 Å². The molecule has 78 valence electrons. The van der Waals surface area contributed by atoms with Crippen LogP contribution in [0.4, 0.5) is 0 Å². The Bertz CT molecular complexity index is 397. The molecule has 1 N–H and O–H groups in total. The van der Waals surface area contributed by atoms with Crippen LogP contribution in [0, 0.1) is 0 Å². The summed E-state index contributed by atoms with van der Waals surface area (Å²) in [6, 6.07) is 0. The van der Waals surface area contributed by atoms with Gasteiger partial charge in [0.1, 0.15) is 6.54 Å². The summed E-state index contributed by atoms with van der Waals surface area (Å²) in [5, 5.41) is 0. The third-order valence-corrected chi connectivity index (χ3v) is 3.98. The molecule has 0 atom stereocenters. The third-order valence-electron chi connectivity index (χ3n) is 1.31. The maximum atomic E-state index is 11.4. The van der Waals surface area contributed by atoms with Crippen LogP contribution in [0.25, 0.3) is 0 Å². The number of carbonyl (C=O) groups is 1. The molecule has 1 aromatic heterocycles. The van der Waals surface area contributed by atoms with Crippen molar-refractivity contribution in [1.29, 1.82) is 0 Å². The first-order chi connectivity index (χ1) is 6.56. The Labute approximate surface area is 85.0 Å². The van der Waals surface area contributed by atoms with Gasteiger partial charge in [0.2, 0.25) is 0 Å². The summed E-state index contributed by atoms with van der Waals surface area (Å²) in [5.41, 5.74) is 1.40. The number of esters is 1. The number of nitrogens with zero attached hydrogens (tertiary/aromatic N) is 1. The van der Waals surface area contributed by atoms with Crippen LogP contribution in [-0.2, 0) is 19.6 Å². The number of hydrogen-bond acceptors (Lipinski definition) is 6. The summed E-state index contributed by atoms with van der Waals surface area (Å²) in [6.45, 7) is -0.378. The van der Waals surface area contributed by atoms with Crippen LogP contribution in [0.3, 0.4) is 0 Å². The lowest BCUT2D eigenvalue weighted by molar-refractivity contribution is -0.139. The summed E-state index contributed by atoms with van der Waals surface area (Å²) in [4.78, 5) is 14.3. The van der Waals surface area contributed by atoms with Crippen molar-refractivity contribution in [3.63, 3.8) is 0 Å². The first-order valence-corrected chi connectivity index (χ1v) is 5.87. The van der Waals surface area contributed by atoms with Crippen molar-refractivity contribution in [3.05, 3.63) is 11.7 Å². The SMILES string of the molecule is COC(=O)CNS(=O)(=O)c1cncs1. The fourth-order valence-corrected chi connectivity index (χ4v) is 2.44. The first-order valence-electron chi connectivity index (χ1n) is 3.51. The molecule has 0 saturated heterocycles. The number of nitrogens with one attached hydrogen (secondary N) is 1. The standard InChI is InChI=1S/C6H8N2O4S2/c1-12-5(9)2-8-14(10,11)6-3-7-4-13-6/h3-4,8H,2H2,1H3. The fraction of sp³-hybridized carbons (Fsp3) is 0.333. The van der Waals surface area contributed by atoms with E-state index in [9.17, 15) is 13.2 Å². The fourth-order valence-electron chi connectivity index (χ4n) is 0.634. The van der Waals surface area contributed by atoms with Gasteiger partial charge in [0.05, 0.1) is 18.8 Å². The minimum Gasteiger partial charge on any atom is -0.468 e. The molecule has 0 radical (unpaired) electrons. The molecule has 0 aliphatic heterocycles. The van der Waals surface area contributed by atoms with E-state index in [1.807, 2.05) is 0 Å². The van der Waals surface area contributed by atoms with Crippen molar-refractivity contribution in [2.24, 2.45) is 0 Å². The number of methoxy groups -OCH3 is 1. The van der Waals surface area contributed by atoms with Crippen molar-refractivity contribution >= 4 is 27.3 Å². The average molecular weight is 236 g/mol. The van der Waals surface area contributed by atoms with Crippen LogP contribution >= 0.6 is 11.3 Å². The quantitative estimate of drug-likeness (QED) is 0.718. The topological polar surface area (TPSA) is 85.4 Å². The molecular weight excluding hydrogens is 228 g/mol. The monoisotopic (exact) mass is 236 g/mol. The Kier molecular flexibility index (Phi) is 3.55. The zero-order chi connectivity index (χ0) is 10.6. The number of thiazole rings is 1. The van der Waals surface area contributed by atoms with Crippen molar-refractivity contribution in [2.45, 2.75) is 4.21 Å². The van der Waals surface area contributed by atoms with E-state index in [1.165, 1.54) is 18.8 Å². The number of carbonyl (C=O) groups excluding carboxylic acids is 1. The summed E-state index contributed by atoms with van der Waals surface area (Å²) in [5.74, 6) is -0.641. The van der Waals surface area contributed by atoms with Gasteiger partial charge < -0.3 is 4.74 Å². The highest BCUT2D eigenvalue weighted by Crippen LogP contribution is 2.12. The van der Waals surface area contributed by atoms with Crippen molar-refractivity contribution in [2.75, 3.05) is 13.7 Å². The van der Waals surface area contributed by atoms with E-state index in [0.29, 0.717) is 0 Å². The Morgan fingerprint density at radius 1 is 1.71 bits per heavy atom. The predicted octanol–water partition coefficient (Wildman–Crippen LogP) is -0.406.